The molecule has 5 nitrogen and oxygen atoms in total. The standard InChI is InChI=1S/C11H19N3O2/c1-3-13-11(9-16-7-6-15-2)10-8-12-4-5-14-10/h4-5,8,11,13H,3,6-7,9H2,1-2H3. The van der Waals surface area contributed by atoms with Crippen molar-refractivity contribution in [1.82, 2.24) is 15.3 Å². The Hall–Kier alpha value is -1.04. The molecule has 1 N–H and O–H groups in total. The Bertz CT molecular complexity index is 269. The molecule has 0 radical (unpaired) electrons. The van der Waals surface area contributed by atoms with Crippen LogP contribution in [0, 0.1) is 0 Å². The predicted octanol–water partition coefficient (Wildman–Crippen LogP) is 0.790. The molecule has 16 heavy (non-hydrogen) atoms. The first-order chi connectivity index (χ1) is 7.88. The highest BCUT2D eigenvalue weighted by atomic mass is 16.5. The van der Waals surface area contributed by atoms with Crippen molar-refractivity contribution in [2.24, 2.45) is 0 Å². The maximum Gasteiger partial charge on any atom is 0.0779 e. The number of methoxy groups -OCH3 is 1. The Kier molecular flexibility index (Phi) is 6.64. The largest absolute Gasteiger partial charge is 0.382 e. The summed E-state index contributed by atoms with van der Waals surface area (Å²) in [6.45, 7) is 4.71. The second-order valence-electron chi connectivity index (χ2n) is 3.31. The van der Waals surface area contributed by atoms with Crippen molar-refractivity contribution in [1.29, 1.82) is 0 Å². The van der Waals surface area contributed by atoms with Gasteiger partial charge in [-0.2, -0.15) is 0 Å². The summed E-state index contributed by atoms with van der Waals surface area (Å²) in [6, 6.07) is 0.0931. The minimum absolute atomic E-state index is 0.0931. The summed E-state index contributed by atoms with van der Waals surface area (Å²) in [5.74, 6) is 0. The van der Waals surface area contributed by atoms with E-state index in [9.17, 15) is 0 Å². The molecule has 0 fully saturated rings. The molecule has 5 heteroatoms. The number of hydrogen-bond donors (Lipinski definition) is 1. The van der Waals surface area contributed by atoms with Crippen LogP contribution in [0.5, 0.6) is 0 Å². The van der Waals surface area contributed by atoms with Crippen LogP contribution in [0.3, 0.4) is 0 Å². The van der Waals surface area contributed by atoms with Crippen molar-refractivity contribution in [2.75, 3.05) is 33.5 Å². The van der Waals surface area contributed by atoms with Gasteiger partial charge in [0.15, 0.2) is 0 Å². The maximum absolute atomic E-state index is 5.49. The van der Waals surface area contributed by atoms with Crippen LogP contribution >= 0.6 is 0 Å². The fourth-order valence-electron chi connectivity index (χ4n) is 1.33. The average Bonchev–Trinajstić information content (AvgIpc) is 2.34. The Morgan fingerprint density at radius 2 is 2.25 bits per heavy atom. The van der Waals surface area contributed by atoms with Gasteiger partial charge in [-0.15, -0.1) is 0 Å². The van der Waals surface area contributed by atoms with Crippen molar-refractivity contribution in [2.45, 2.75) is 13.0 Å². The molecule has 1 atom stereocenters. The Morgan fingerprint density at radius 1 is 1.38 bits per heavy atom. The van der Waals surface area contributed by atoms with Gasteiger partial charge >= 0.3 is 0 Å². The van der Waals surface area contributed by atoms with E-state index in [1.807, 2.05) is 0 Å². The van der Waals surface area contributed by atoms with Crippen LogP contribution in [-0.4, -0.2) is 43.4 Å². The summed E-state index contributed by atoms with van der Waals surface area (Å²) < 4.78 is 10.4. The molecule has 0 saturated heterocycles. The minimum Gasteiger partial charge on any atom is -0.382 e. The van der Waals surface area contributed by atoms with Crippen LogP contribution in [0.25, 0.3) is 0 Å². The van der Waals surface area contributed by atoms with Crippen molar-refractivity contribution < 1.29 is 9.47 Å². The summed E-state index contributed by atoms with van der Waals surface area (Å²) in [5.41, 5.74) is 0.904. The van der Waals surface area contributed by atoms with Crippen LogP contribution in [0.4, 0.5) is 0 Å². The second-order valence-corrected chi connectivity index (χ2v) is 3.31. The zero-order valence-electron chi connectivity index (χ0n) is 9.85. The summed E-state index contributed by atoms with van der Waals surface area (Å²) in [4.78, 5) is 8.31. The van der Waals surface area contributed by atoms with Crippen LogP contribution in [0.1, 0.15) is 18.7 Å². The molecule has 1 unspecified atom stereocenters. The Balaban J connectivity index is 2.41. The molecule has 1 aromatic heterocycles. The third kappa shape index (κ3) is 4.65. The molecule has 0 aliphatic heterocycles. The van der Waals surface area contributed by atoms with Crippen LogP contribution in [-0.2, 0) is 9.47 Å². The van der Waals surface area contributed by atoms with Gasteiger partial charge in [0.25, 0.3) is 0 Å². The van der Waals surface area contributed by atoms with Gasteiger partial charge in [0.1, 0.15) is 0 Å². The summed E-state index contributed by atoms with van der Waals surface area (Å²) in [6.07, 6.45) is 5.11. The number of nitrogens with zero attached hydrogens (tertiary/aromatic N) is 2. The summed E-state index contributed by atoms with van der Waals surface area (Å²) in [5, 5.41) is 3.31. The number of ether oxygens (including phenoxy) is 2. The quantitative estimate of drug-likeness (QED) is 0.663. The molecular weight excluding hydrogens is 206 g/mol. The lowest BCUT2D eigenvalue weighted by Gasteiger charge is -2.16. The molecular formula is C11H19N3O2. The summed E-state index contributed by atoms with van der Waals surface area (Å²) >= 11 is 0. The number of likely N-dealkylation sites (N-methyl/N-ethyl adjacent to an activating group) is 1. The number of nitrogens with one attached hydrogen (secondary N) is 1. The van der Waals surface area contributed by atoms with Gasteiger partial charge in [-0.3, -0.25) is 9.97 Å². The molecule has 0 amide bonds. The van der Waals surface area contributed by atoms with E-state index in [1.165, 1.54) is 0 Å². The van der Waals surface area contributed by atoms with Gasteiger partial charge < -0.3 is 14.8 Å². The molecule has 0 spiro atoms. The van der Waals surface area contributed by atoms with Gasteiger partial charge in [-0.05, 0) is 6.54 Å². The number of rotatable bonds is 8. The fourth-order valence-corrected chi connectivity index (χ4v) is 1.33. The third-order valence-electron chi connectivity index (χ3n) is 2.11. The lowest BCUT2D eigenvalue weighted by Crippen LogP contribution is -2.26. The van der Waals surface area contributed by atoms with E-state index in [4.69, 9.17) is 9.47 Å². The lowest BCUT2D eigenvalue weighted by atomic mass is 10.2. The lowest BCUT2D eigenvalue weighted by molar-refractivity contribution is 0.0582. The van der Waals surface area contributed by atoms with E-state index < -0.39 is 0 Å². The molecule has 0 aromatic carbocycles. The first-order valence-corrected chi connectivity index (χ1v) is 5.44. The van der Waals surface area contributed by atoms with E-state index >= 15 is 0 Å². The molecule has 0 aliphatic rings. The number of hydrogen-bond acceptors (Lipinski definition) is 5. The smallest absolute Gasteiger partial charge is 0.0779 e. The van der Waals surface area contributed by atoms with Crippen molar-refractivity contribution >= 4 is 0 Å². The average molecular weight is 225 g/mol. The van der Waals surface area contributed by atoms with Gasteiger partial charge in [0, 0.05) is 19.5 Å². The molecule has 0 aliphatic carbocycles. The first-order valence-electron chi connectivity index (χ1n) is 5.44. The van der Waals surface area contributed by atoms with Gasteiger partial charge in [0.2, 0.25) is 0 Å². The molecule has 90 valence electrons. The highest BCUT2D eigenvalue weighted by Gasteiger charge is 2.11. The van der Waals surface area contributed by atoms with Crippen molar-refractivity contribution in [3.8, 4) is 0 Å². The minimum atomic E-state index is 0.0931. The molecule has 0 bridgehead atoms. The maximum atomic E-state index is 5.49. The van der Waals surface area contributed by atoms with E-state index in [-0.39, 0.29) is 6.04 Å². The van der Waals surface area contributed by atoms with Crippen molar-refractivity contribution in [3.63, 3.8) is 0 Å². The van der Waals surface area contributed by atoms with Gasteiger partial charge in [-0.1, -0.05) is 6.92 Å². The third-order valence-corrected chi connectivity index (χ3v) is 2.11. The monoisotopic (exact) mass is 225 g/mol. The topological polar surface area (TPSA) is 56.3 Å². The molecule has 0 saturated carbocycles. The van der Waals surface area contributed by atoms with E-state index in [0.717, 1.165) is 12.2 Å². The van der Waals surface area contributed by atoms with E-state index in [1.54, 1.807) is 25.7 Å². The van der Waals surface area contributed by atoms with Gasteiger partial charge in [-0.25, -0.2) is 0 Å². The molecule has 1 rings (SSSR count). The first kappa shape index (κ1) is 13.0. The normalized spacial score (nSPS) is 12.6. The second kappa shape index (κ2) is 8.15. The number of aromatic nitrogens is 2. The zero-order chi connectivity index (χ0) is 11.6. The summed E-state index contributed by atoms with van der Waals surface area (Å²) in [7, 11) is 1.66. The fraction of sp³-hybridized carbons (Fsp3) is 0.636. The molecule has 1 aromatic rings. The molecule has 1 heterocycles. The zero-order valence-corrected chi connectivity index (χ0v) is 9.85. The van der Waals surface area contributed by atoms with Crippen molar-refractivity contribution in [3.05, 3.63) is 24.3 Å². The Labute approximate surface area is 96.2 Å². The van der Waals surface area contributed by atoms with Crippen LogP contribution in [0.15, 0.2) is 18.6 Å². The highest BCUT2D eigenvalue weighted by Crippen LogP contribution is 2.08. The van der Waals surface area contributed by atoms with E-state index in [0.29, 0.717) is 19.8 Å². The Morgan fingerprint density at radius 3 is 2.88 bits per heavy atom. The SMILES string of the molecule is CCNC(COCCOC)c1cnccn1. The predicted molar refractivity (Wildman–Crippen MR) is 61.1 cm³/mol. The highest BCUT2D eigenvalue weighted by molar-refractivity contribution is 5.02. The van der Waals surface area contributed by atoms with Gasteiger partial charge in [0.05, 0.1) is 37.8 Å². The van der Waals surface area contributed by atoms with E-state index in [2.05, 4.69) is 22.2 Å². The van der Waals surface area contributed by atoms with Crippen LogP contribution < -0.4 is 5.32 Å². The van der Waals surface area contributed by atoms with Crippen LogP contribution in [0.2, 0.25) is 0 Å².